The molecule has 0 heterocycles. The lowest BCUT2D eigenvalue weighted by Gasteiger charge is -2.21. The van der Waals surface area contributed by atoms with E-state index in [1.807, 2.05) is 19.9 Å². The van der Waals surface area contributed by atoms with Crippen molar-refractivity contribution in [2.75, 3.05) is 19.8 Å². The number of phenols is 1. The Morgan fingerprint density at radius 3 is 2.52 bits per heavy atom. The van der Waals surface area contributed by atoms with Crippen molar-refractivity contribution in [2.45, 2.75) is 52.4 Å². The Morgan fingerprint density at radius 1 is 1.24 bits per heavy atom. The molecule has 0 spiro atoms. The number of aryl methyl sites for hydroxylation is 1. The Morgan fingerprint density at radius 2 is 1.90 bits per heavy atom. The van der Waals surface area contributed by atoms with Gasteiger partial charge in [0.1, 0.15) is 5.75 Å². The Bertz CT molecular complexity index is 469. The first-order chi connectivity index (χ1) is 10.1. The minimum atomic E-state index is -0.230. The highest BCUT2D eigenvalue weighted by Gasteiger charge is 2.32. The lowest BCUT2D eigenvalue weighted by Crippen LogP contribution is -2.33. The van der Waals surface area contributed by atoms with E-state index in [0.717, 1.165) is 12.0 Å². The summed E-state index contributed by atoms with van der Waals surface area (Å²) in [4.78, 5) is 0. The molecule has 2 atom stereocenters. The van der Waals surface area contributed by atoms with E-state index in [-0.39, 0.29) is 12.3 Å². The maximum atomic E-state index is 10.2. The third-order valence-electron chi connectivity index (χ3n) is 4.15. The first kappa shape index (κ1) is 16.3. The number of fused-ring (bicyclic) bond motifs is 1. The molecule has 0 bridgehead atoms. The van der Waals surface area contributed by atoms with E-state index in [2.05, 4.69) is 19.2 Å². The summed E-state index contributed by atoms with van der Waals surface area (Å²) >= 11 is 0. The fourth-order valence-corrected chi connectivity index (χ4v) is 3.31. The molecule has 1 aliphatic rings. The van der Waals surface area contributed by atoms with Gasteiger partial charge in [-0.3, -0.25) is 0 Å². The summed E-state index contributed by atoms with van der Waals surface area (Å²) in [5.74, 6) is 0.851. The molecule has 0 aliphatic heterocycles. The normalized spacial score (nSPS) is 21.0. The van der Waals surface area contributed by atoms with Crippen molar-refractivity contribution in [3.05, 3.63) is 28.8 Å². The summed E-state index contributed by atoms with van der Waals surface area (Å²) in [6.07, 6.45) is 0.768. The minimum absolute atomic E-state index is 0.165. The molecule has 4 heteroatoms. The van der Waals surface area contributed by atoms with Crippen LogP contribution in [0.15, 0.2) is 12.1 Å². The van der Waals surface area contributed by atoms with Crippen LogP contribution in [0.5, 0.6) is 5.75 Å². The van der Waals surface area contributed by atoms with Gasteiger partial charge in [-0.15, -0.1) is 0 Å². The minimum Gasteiger partial charge on any atom is -0.508 e. The summed E-state index contributed by atoms with van der Waals surface area (Å²) in [5, 5.41) is 13.7. The third-order valence-corrected chi connectivity index (χ3v) is 4.15. The highest BCUT2D eigenvalue weighted by atomic mass is 16.7. The smallest absolute Gasteiger partial charge is 0.169 e. The molecule has 1 aliphatic carbocycles. The van der Waals surface area contributed by atoms with E-state index in [9.17, 15) is 5.11 Å². The SMILES string of the molecule is CCOC(CNC1CC(C)c2c(C)ccc(O)c21)OCC. The fourth-order valence-electron chi connectivity index (χ4n) is 3.31. The van der Waals surface area contributed by atoms with Crippen LogP contribution in [0.4, 0.5) is 0 Å². The Hall–Kier alpha value is -1.10. The summed E-state index contributed by atoms with van der Waals surface area (Å²) in [6, 6.07) is 3.96. The highest BCUT2D eigenvalue weighted by molar-refractivity contribution is 5.50. The third kappa shape index (κ3) is 3.57. The zero-order chi connectivity index (χ0) is 15.4. The Balaban J connectivity index is 2.09. The lowest BCUT2D eigenvalue weighted by atomic mass is 9.97. The average Bonchev–Trinajstić information content (AvgIpc) is 2.79. The highest BCUT2D eigenvalue weighted by Crippen LogP contribution is 2.45. The summed E-state index contributed by atoms with van der Waals surface area (Å²) in [5.41, 5.74) is 3.59. The van der Waals surface area contributed by atoms with Gasteiger partial charge in [-0.1, -0.05) is 13.0 Å². The van der Waals surface area contributed by atoms with Crippen molar-refractivity contribution in [3.8, 4) is 5.75 Å². The zero-order valence-electron chi connectivity index (χ0n) is 13.5. The summed E-state index contributed by atoms with van der Waals surface area (Å²) in [6.45, 7) is 10.2. The molecule has 2 N–H and O–H groups in total. The van der Waals surface area contributed by atoms with Crippen LogP contribution in [0.1, 0.15) is 55.8 Å². The molecule has 0 aromatic heterocycles. The quantitative estimate of drug-likeness (QED) is 0.758. The van der Waals surface area contributed by atoms with Crippen LogP contribution in [0.25, 0.3) is 0 Å². The van der Waals surface area contributed by atoms with E-state index in [1.54, 1.807) is 6.07 Å². The van der Waals surface area contributed by atoms with Gasteiger partial charge in [0.2, 0.25) is 0 Å². The zero-order valence-corrected chi connectivity index (χ0v) is 13.5. The maximum absolute atomic E-state index is 10.2. The average molecular weight is 293 g/mol. The van der Waals surface area contributed by atoms with E-state index >= 15 is 0 Å². The number of nitrogens with one attached hydrogen (secondary N) is 1. The van der Waals surface area contributed by atoms with Gasteiger partial charge in [0, 0.05) is 31.4 Å². The standard InChI is InChI=1S/C17H27NO3/c1-5-20-15(21-6-2)10-18-13-9-12(4)16-11(3)7-8-14(19)17(13)16/h7-8,12-13,15,18-19H,5-6,9-10H2,1-4H3. The van der Waals surface area contributed by atoms with E-state index < -0.39 is 0 Å². The van der Waals surface area contributed by atoms with Crippen molar-refractivity contribution >= 4 is 0 Å². The lowest BCUT2D eigenvalue weighted by molar-refractivity contribution is -0.133. The molecule has 1 aromatic carbocycles. The van der Waals surface area contributed by atoms with Gasteiger partial charge < -0.3 is 19.9 Å². The van der Waals surface area contributed by atoms with Gasteiger partial charge in [0.05, 0.1) is 0 Å². The topological polar surface area (TPSA) is 50.7 Å². The largest absolute Gasteiger partial charge is 0.508 e. The maximum Gasteiger partial charge on any atom is 0.169 e. The van der Waals surface area contributed by atoms with Crippen LogP contribution in [-0.4, -0.2) is 31.2 Å². The number of hydrogen-bond donors (Lipinski definition) is 2. The predicted molar refractivity (Wildman–Crippen MR) is 83.7 cm³/mol. The first-order valence-electron chi connectivity index (χ1n) is 7.87. The van der Waals surface area contributed by atoms with Gasteiger partial charge in [-0.25, -0.2) is 0 Å². The van der Waals surface area contributed by atoms with Crippen molar-refractivity contribution in [1.82, 2.24) is 5.32 Å². The van der Waals surface area contributed by atoms with E-state index in [1.165, 1.54) is 11.1 Å². The van der Waals surface area contributed by atoms with Gasteiger partial charge in [0.15, 0.2) is 6.29 Å². The first-order valence-corrected chi connectivity index (χ1v) is 7.87. The molecule has 2 rings (SSSR count). The number of ether oxygens (including phenoxy) is 2. The molecule has 1 aromatic rings. The molecule has 21 heavy (non-hydrogen) atoms. The second-order valence-electron chi connectivity index (χ2n) is 5.67. The monoisotopic (exact) mass is 293 g/mol. The van der Waals surface area contributed by atoms with E-state index in [4.69, 9.17) is 9.47 Å². The molecule has 0 saturated heterocycles. The molecule has 0 radical (unpaired) electrons. The molecule has 118 valence electrons. The number of phenolic OH excluding ortho intramolecular Hbond substituents is 1. The van der Waals surface area contributed by atoms with E-state index in [0.29, 0.717) is 31.4 Å². The fraction of sp³-hybridized carbons (Fsp3) is 0.647. The summed E-state index contributed by atoms with van der Waals surface area (Å²) in [7, 11) is 0. The number of benzene rings is 1. The molecule has 0 amide bonds. The van der Waals surface area contributed by atoms with Crippen LogP contribution in [-0.2, 0) is 9.47 Å². The second-order valence-corrected chi connectivity index (χ2v) is 5.67. The van der Waals surface area contributed by atoms with Crippen LogP contribution in [0, 0.1) is 6.92 Å². The molecule has 2 unspecified atom stereocenters. The molecule has 4 nitrogen and oxygen atoms in total. The van der Waals surface area contributed by atoms with Gasteiger partial charge in [0.25, 0.3) is 0 Å². The number of aromatic hydroxyl groups is 1. The van der Waals surface area contributed by atoms with Crippen molar-refractivity contribution in [1.29, 1.82) is 0 Å². The van der Waals surface area contributed by atoms with Crippen LogP contribution < -0.4 is 5.32 Å². The number of rotatable bonds is 7. The van der Waals surface area contributed by atoms with Crippen molar-refractivity contribution < 1.29 is 14.6 Å². The summed E-state index contributed by atoms with van der Waals surface area (Å²) < 4.78 is 11.1. The van der Waals surface area contributed by atoms with Crippen LogP contribution in [0.3, 0.4) is 0 Å². The molecular formula is C17H27NO3. The molecule has 0 fully saturated rings. The number of hydrogen-bond acceptors (Lipinski definition) is 4. The van der Waals surface area contributed by atoms with Gasteiger partial charge >= 0.3 is 0 Å². The molecule has 0 saturated carbocycles. The molecular weight excluding hydrogens is 266 g/mol. The second kappa shape index (κ2) is 7.25. The van der Waals surface area contributed by atoms with Crippen LogP contribution >= 0.6 is 0 Å². The Kier molecular flexibility index (Phi) is 5.62. The van der Waals surface area contributed by atoms with Gasteiger partial charge in [-0.2, -0.15) is 0 Å². The van der Waals surface area contributed by atoms with Crippen molar-refractivity contribution in [3.63, 3.8) is 0 Å². The Labute approximate surface area is 127 Å². The predicted octanol–water partition coefficient (Wildman–Crippen LogP) is 3.24. The van der Waals surface area contributed by atoms with Crippen LogP contribution in [0.2, 0.25) is 0 Å². The van der Waals surface area contributed by atoms with Crippen molar-refractivity contribution in [2.24, 2.45) is 0 Å². The van der Waals surface area contributed by atoms with Gasteiger partial charge in [-0.05, 0) is 50.3 Å².